The molecule has 1 unspecified atom stereocenters. The number of likely N-dealkylation sites (tertiary alicyclic amines) is 1. The number of nitrogens with one attached hydrogen (secondary N) is 1. The van der Waals surface area contributed by atoms with Gasteiger partial charge >= 0.3 is 5.97 Å². The molecule has 0 aromatic carbocycles. The van der Waals surface area contributed by atoms with Crippen molar-refractivity contribution in [3.63, 3.8) is 0 Å². The van der Waals surface area contributed by atoms with E-state index >= 15 is 0 Å². The Morgan fingerprint density at radius 2 is 1.96 bits per heavy atom. The van der Waals surface area contributed by atoms with Gasteiger partial charge < -0.3 is 19.7 Å². The molecule has 0 bridgehead atoms. The fourth-order valence-electron chi connectivity index (χ4n) is 3.18. The summed E-state index contributed by atoms with van der Waals surface area (Å²) < 4.78 is 10.7. The molecule has 7 nitrogen and oxygen atoms in total. The first kappa shape index (κ1) is 22.4. The highest BCUT2D eigenvalue weighted by Gasteiger charge is 2.27. The Bertz CT molecular complexity index is 448. The van der Waals surface area contributed by atoms with Crippen molar-refractivity contribution < 1.29 is 14.3 Å². The largest absolute Gasteiger partial charge is 0.459 e. The van der Waals surface area contributed by atoms with Gasteiger partial charge in [0.2, 0.25) is 0 Å². The zero-order valence-electron chi connectivity index (χ0n) is 15.9. The van der Waals surface area contributed by atoms with Crippen LogP contribution in [0.15, 0.2) is 4.99 Å². The number of carbonyl (C=O) groups excluding carboxylic acids is 1. The standard InChI is InChI=1S/C17H32N4O3.HI/c1-17(2,3)24-15(22)11-19-16(18-4)21-6-5-14(13-21)12-20-7-9-23-10-8-20;/h14H,5-13H2,1-4H3,(H,18,19);1H. The summed E-state index contributed by atoms with van der Waals surface area (Å²) in [6, 6.07) is 0. The van der Waals surface area contributed by atoms with Gasteiger partial charge in [0.1, 0.15) is 12.1 Å². The first-order valence-electron chi connectivity index (χ1n) is 8.85. The quantitative estimate of drug-likeness (QED) is 0.289. The Labute approximate surface area is 168 Å². The van der Waals surface area contributed by atoms with Gasteiger partial charge in [-0.15, -0.1) is 24.0 Å². The molecule has 146 valence electrons. The predicted octanol–water partition coefficient (Wildman–Crippen LogP) is 1.18. The predicted molar refractivity (Wildman–Crippen MR) is 110 cm³/mol. The summed E-state index contributed by atoms with van der Waals surface area (Å²) in [5.41, 5.74) is -0.459. The molecule has 0 spiro atoms. The van der Waals surface area contributed by atoms with Crippen LogP contribution >= 0.6 is 24.0 Å². The monoisotopic (exact) mass is 468 g/mol. The number of rotatable bonds is 4. The van der Waals surface area contributed by atoms with E-state index in [0.29, 0.717) is 5.92 Å². The lowest BCUT2D eigenvalue weighted by atomic mass is 10.1. The fourth-order valence-corrected chi connectivity index (χ4v) is 3.18. The summed E-state index contributed by atoms with van der Waals surface area (Å²) in [4.78, 5) is 20.9. The van der Waals surface area contributed by atoms with E-state index < -0.39 is 5.60 Å². The summed E-state index contributed by atoms with van der Waals surface area (Å²) in [6.07, 6.45) is 1.16. The fraction of sp³-hybridized carbons (Fsp3) is 0.882. The molecule has 0 aromatic rings. The Morgan fingerprint density at radius 1 is 1.28 bits per heavy atom. The van der Waals surface area contributed by atoms with E-state index in [4.69, 9.17) is 9.47 Å². The molecule has 1 atom stereocenters. The summed E-state index contributed by atoms with van der Waals surface area (Å²) in [5.74, 6) is 1.17. The van der Waals surface area contributed by atoms with E-state index in [1.54, 1.807) is 7.05 Å². The summed E-state index contributed by atoms with van der Waals surface area (Å²) >= 11 is 0. The molecule has 2 aliphatic rings. The number of guanidine groups is 1. The highest BCUT2D eigenvalue weighted by molar-refractivity contribution is 14.0. The lowest BCUT2D eigenvalue weighted by Crippen LogP contribution is -2.44. The lowest BCUT2D eigenvalue weighted by Gasteiger charge is -2.29. The molecule has 1 N–H and O–H groups in total. The van der Waals surface area contributed by atoms with Crippen LogP contribution in [0.1, 0.15) is 27.2 Å². The zero-order chi connectivity index (χ0) is 17.6. The number of carbonyl (C=O) groups is 1. The van der Waals surface area contributed by atoms with Crippen LogP contribution in [0.3, 0.4) is 0 Å². The van der Waals surface area contributed by atoms with Crippen LogP contribution < -0.4 is 5.32 Å². The van der Waals surface area contributed by atoms with Crippen molar-refractivity contribution >= 4 is 35.9 Å². The van der Waals surface area contributed by atoms with E-state index in [2.05, 4.69) is 20.1 Å². The minimum Gasteiger partial charge on any atom is -0.459 e. The van der Waals surface area contributed by atoms with Gasteiger partial charge in [-0.3, -0.25) is 14.7 Å². The van der Waals surface area contributed by atoms with Gasteiger partial charge in [0, 0.05) is 39.8 Å². The number of ether oxygens (including phenoxy) is 2. The van der Waals surface area contributed by atoms with Crippen molar-refractivity contribution in [1.82, 2.24) is 15.1 Å². The minimum atomic E-state index is -0.459. The third-order valence-electron chi connectivity index (χ3n) is 4.23. The summed E-state index contributed by atoms with van der Waals surface area (Å²) in [7, 11) is 1.76. The molecule has 2 rings (SSSR count). The second-order valence-electron chi connectivity index (χ2n) is 7.50. The molecular weight excluding hydrogens is 435 g/mol. The van der Waals surface area contributed by atoms with E-state index in [0.717, 1.165) is 58.3 Å². The normalized spacial score (nSPS) is 22.5. The molecule has 8 heteroatoms. The average molecular weight is 468 g/mol. The second kappa shape index (κ2) is 10.5. The van der Waals surface area contributed by atoms with Crippen LogP contribution in [0.4, 0.5) is 0 Å². The van der Waals surface area contributed by atoms with E-state index in [-0.39, 0.29) is 36.5 Å². The van der Waals surface area contributed by atoms with Gasteiger partial charge in [0.25, 0.3) is 0 Å². The number of hydrogen-bond acceptors (Lipinski definition) is 5. The molecule has 0 radical (unpaired) electrons. The third-order valence-corrected chi connectivity index (χ3v) is 4.23. The molecule has 2 aliphatic heterocycles. The molecule has 0 aromatic heterocycles. The second-order valence-corrected chi connectivity index (χ2v) is 7.50. The van der Waals surface area contributed by atoms with Gasteiger partial charge in [-0.25, -0.2) is 0 Å². The summed E-state index contributed by atoms with van der Waals surface area (Å²) in [5, 5.41) is 3.13. The molecule has 0 amide bonds. The number of esters is 1. The maximum atomic E-state index is 11.8. The highest BCUT2D eigenvalue weighted by Crippen LogP contribution is 2.18. The van der Waals surface area contributed by atoms with Crippen LogP contribution in [-0.2, 0) is 14.3 Å². The van der Waals surface area contributed by atoms with Crippen LogP contribution in [-0.4, -0.2) is 86.9 Å². The smallest absolute Gasteiger partial charge is 0.325 e. The molecule has 25 heavy (non-hydrogen) atoms. The van der Waals surface area contributed by atoms with Crippen molar-refractivity contribution in [2.45, 2.75) is 32.8 Å². The lowest BCUT2D eigenvalue weighted by molar-refractivity contribution is -0.153. The third kappa shape index (κ3) is 8.08. The minimum absolute atomic E-state index is 0. The van der Waals surface area contributed by atoms with Gasteiger partial charge in [0.05, 0.1) is 13.2 Å². The Balaban J connectivity index is 0.00000312. The van der Waals surface area contributed by atoms with Gasteiger partial charge in [-0.05, 0) is 33.1 Å². The van der Waals surface area contributed by atoms with Crippen LogP contribution in [0, 0.1) is 5.92 Å². The van der Waals surface area contributed by atoms with Crippen LogP contribution in [0.2, 0.25) is 0 Å². The highest BCUT2D eigenvalue weighted by atomic mass is 127. The molecule has 0 aliphatic carbocycles. The molecule has 2 heterocycles. The van der Waals surface area contributed by atoms with Crippen molar-refractivity contribution in [3.05, 3.63) is 0 Å². The summed E-state index contributed by atoms with van der Waals surface area (Å²) in [6.45, 7) is 12.6. The Morgan fingerprint density at radius 3 is 2.56 bits per heavy atom. The van der Waals surface area contributed by atoms with Gasteiger partial charge in [-0.2, -0.15) is 0 Å². The number of aliphatic imine (C=N–C) groups is 1. The zero-order valence-corrected chi connectivity index (χ0v) is 18.2. The first-order valence-corrected chi connectivity index (χ1v) is 8.85. The van der Waals surface area contributed by atoms with Gasteiger partial charge in [0.15, 0.2) is 5.96 Å². The maximum Gasteiger partial charge on any atom is 0.325 e. The average Bonchev–Trinajstić information content (AvgIpc) is 2.95. The number of halogens is 1. The number of hydrogen-bond donors (Lipinski definition) is 1. The van der Waals surface area contributed by atoms with E-state index in [1.165, 1.54) is 0 Å². The van der Waals surface area contributed by atoms with E-state index in [9.17, 15) is 4.79 Å². The van der Waals surface area contributed by atoms with Crippen LogP contribution in [0.25, 0.3) is 0 Å². The molecule has 2 saturated heterocycles. The van der Waals surface area contributed by atoms with Crippen molar-refractivity contribution in [1.29, 1.82) is 0 Å². The van der Waals surface area contributed by atoms with Crippen molar-refractivity contribution in [2.24, 2.45) is 10.9 Å². The molecular formula is C17H33IN4O3. The maximum absolute atomic E-state index is 11.8. The number of morpholine rings is 1. The van der Waals surface area contributed by atoms with Crippen molar-refractivity contribution in [3.8, 4) is 0 Å². The molecule has 2 fully saturated rings. The SMILES string of the molecule is CN=C(NCC(=O)OC(C)(C)C)N1CCC(CN2CCOCC2)C1.I. The van der Waals surface area contributed by atoms with Crippen LogP contribution in [0.5, 0.6) is 0 Å². The first-order chi connectivity index (χ1) is 11.4. The van der Waals surface area contributed by atoms with E-state index in [1.807, 2.05) is 20.8 Å². The number of nitrogens with zero attached hydrogens (tertiary/aromatic N) is 3. The van der Waals surface area contributed by atoms with Crippen molar-refractivity contribution in [2.75, 3.05) is 59.5 Å². The van der Waals surface area contributed by atoms with Gasteiger partial charge in [-0.1, -0.05) is 0 Å². The molecule has 0 saturated carbocycles. The Hall–Kier alpha value is -0.610. The Kier molecular flexibility index (Phi) is 9.44. The topological polar surface area (TPSA) is 66.4 Å².